The third kappa shape index (κ3) is 3.40. The first-order valence-corrected chi connectivity index (χ1v) is 8.76. The average Bonchev–Trinajstić information content (AvgIpc) is 2.57. The van der Waals surface area contributed by atoms with E-state index in [1.54, 1.807) is 5.57 Å². The quantitative estimate of drug-likeness (QED) is 0.677. The van der Waals surface area contributed by atoms with Crippen molar-refractivity contribution < 1.29 is 0 Å². The largest absolute Gasteiger partial charge is 0.310 e. The molecule has 1 unspecified atom stereocenters. The Morgan fingerprint density at radius 3 is 2.29 bits per heavy atom. The molecule has 1 nitrogen and oxygen atoms in total. The Balaban J connectivity index is 2.43. The molecule has 116 valence electrons. The van der Waals surface area contributed by atoms with Crippen LogP contribution in [0.1, 0.15) is 64.9 Å². The molecular formula is C20H31N. The highest BCUT2D eigenvalue weighted by atomic mass is 14.9. The summed E-state index contributed by atoms with van der Waals surface area (Å²) in [6.07, 6.45) is 10.1. The number of benzene rings is 1. The number of hydrogen-bond donors (Lipinski definition) is 1. The van der Waals surface area contributed by atoms with E-state index >= 15 is 0 Å². The van der Waals surface area contributed by atoms with Crippen LogP contribution < -0.4 is 5.32 Å². The zero-order valence-corrected chi connectivity index (χ0v) is 14.0. The van der Waals surface area contributed by atoms with Crippen molar-refractivity contribution in [2.75, 3.05) is 6.54 Å². The third-order valence-electron chi connectivity index (χ3n) is 5.27. The fraction of sp³-hybridized carbons (Fsp3) is 0.600. The zero-order valence-electron chi connectivity index (χ0n) is 14.0. The molecule has 0 bridgehead atoms. The summed E-state index contributed by atoms with van der Waals surface area (Å²) in [6.45, 7) is 7.97. The second-order valence-electron chi connectivity index (χ2n) is 6.24. The lowest BCUT2D eigenvalue weighted by Gasteiger charge is -2.43. The topological polar surface area (TPSA) is 12.0 Å². The molecule has 0 radical (unpaired) electrons. The molecule has 1 N–H and O–H groups in total. The van der Waals surface area contributed by atoms with E-state index in [0.29, 0.717) is 6.04 Å². The van der Waals surface area contributed by atoms with Gasteiger partial charge in [0.25, 0.3) is 0 Å². The lowest BCUT2D eigenvalue weighted by molar-refractivity contribution is 0.296. The third-order valence-corrected chi connectivity index (χ3v) is 5.27. The molecule has 0 spiro atoms. The second-order valence-corrected chi connectivity index (χ2v) is 6.24. The molecule has 1 heteroatoms. The molecule has 1 atom stereocenters. The summed E-state index contributed by atoms with van der Waals surface area (Å²) in [5, 5.41) is 3.83. The molecule has 2 rings (SSSR count). The van der Waals surface area contributed by atoms with Gasteiger partial charge in [0.05, 0.1) is 0 Å². The molecule has 0 amide bonds. The monoisotopic (exact) mass is 285 g/mol. The van der Waals surface area contributed by atoms with Crippen LogP contribution in [0.5, 0.6) is 0 Å². The van der Waals surface area contributed by atoms with E-state index in [1.807, 2.05) is 0 Å². The van der Waals surface area contributed by atoms with Crippen molar-refractivity contribution in [1.82, 2.24) is 5.32 Å². The number of rotatable bonds is 7. The number of nitrogens with one attached hydrogen (secondary N) is 1. The van der Waals surface area contributed by atoms with Crippen LogP contribution in [-0.4, -0.2) is 12.6 Å². The highest BCUT2D eigenvalue weighted by molar-refractivity contribution is 5.33. The van der Waals surface area contributed by atoms with Crippen molar-refractivity contribution in [3.05, 3.63) is 47.5 Å². The van der Waals surface area contributed by atoms with Gasteiger partial charge in [0.2, 0.25) is 0 Å². The molecule has 1 aromatic carbocycles. The van der Waals surface area contributed by atoms with Crippen LogP contribution in [0.4, 0.5) is 0 Å². The molecule has 0 aromatic heterocycles. The summed E-state index contributed by atoms with van der Waals surface area (Å²) in [5.41, 5.74) is 3.36. The Bertz CT molecular complexity index is 442. The number of likely N-dealkylation sites (N-methyl/N-ethyl adjacent to an activating group) is 1. The van der Waals surface area contributed by atoms with Crippen molar-refractivity contribution in [1.29, 1.82) is 0 Å². The van der Waals surface area contributed by atoms with E-state index in [9.17, 15) is 0 Å². The molecule has 0 heterocycles. The number of hydrogen-bond acceptors (Lipinski definition) is 1. The van der Waals surface area contributed by atoms with Gasteiger partial charge in [-0.1, -0.05) is 62.8 Å². The number of allylic oxidation sites excluding steroid dienone is 1. The van der Waals surface area contributed by atoms with Crippen LogP contribution in [-0.2, 0) is 5.41 Å². The maximum Gasteiger partial charge on any atom is 0.0376 e. The normalized spacial score (nSPS) is 17.4. The highest BCUT2D eigenvalue weighted by Crippen LogP contribution is 2.40. The minimum absolute atomic E-state index is 0.223. The molecule has 1 aliphatic rings. The molecule has 1 aromatic rings. The summed E-state index contributed by atoms with van der Waals surface area (Å²) in [5.74, 6) is 0. The van der Waals surface area contributed by atoms with Crippen LogP contribution in [0.2, 0.25) is 0 Å². The average molecular weight is 285 g/mol. The first-order valence-electron chi connectivity index (χ1n) is 8.76. The highest BCUT2D eigenvalue weighted by Gasteiger charge is 2.38. The van der Waals surface area contributed by atoms with Crippen molar-refractivity contribution in [2.45, 2.75) is 70.8 Å². The molecule has 0 fully saturated rings. The summed E-state index contributed by atoms with van der Waals surface area (Å²) in [6, 6.07) is 11.6. The maximum atomic E-state index is 3.83. The summed E-state index contributed by atoms with van der Waals surface area (Å²) in [4.78, 5) is 0. The van der Waals surface area contributed by atoms with Gasteiger partial charge in [-0.05, 0) is 50.6 Å². The molecule has 0 saturated heterocycles. The molecule has 0 aliphatic heterocycles. The molecular weight excluding hydrogens is 254 g/mol. The van der Waals surface area contributed by atoms with E-state index in [-0.39, 0.29) is 5.41 Å². The fourth-order valence-corrected chi connectivity index (χ4v) is 4.01. The molecule has 21 heavy (non-hydrogen) atoms. The van der Waals surface area contributed by atoms with Crippen LogP contribution in [0.25, 0.3) is 0 Å². The first kappa shape index (κ1) is 16.3. The van der Waals surface area contributed by atoms with Gasteiger partial charge < -0.3 is 5.32 Å². The Labute approximate surface area is 130 Å². The summed E-state index contributed by atoms with van der Waals surface area (Å²) in [7, 11) is 0. The maximum absolute atomic E-state index is 3.83. The van der Waals surface area contributed by atoms with Crippen LogP contribution in [0, 0.1) is 0 Å². The summed E-state index contributed by atoms with van der Waals surface area (Å²) < 4.78 is 0. The van der Waals surface area contributed by atoms with Gasteiger partial charge in [0, 0.05) is 11.5 Å². The Morgan fingerprint density at radius 1 is 1.05 bits per heavy atom. The minimum Gasteiger partial charge on any atom is -0.310 e. The van der Waals surface area contributed by atoms with Crippen LogP contribution in [0.3, 0.4) is 0 Å². The van der Waals surface area contributed by atoms with Gasteiger partial charge in [-0.15, -0.1) is 0 Å². The SMILES string of the molecule is CCNC(C1=CCCCC1)C(CC)(CC)c1ccccc1. The second kappa shape index (κ2) is 7.79. The standard InChI is InChI=1S/C20H31N/c1-4-20(5-2,18-15-11-8-12-16-18)19(21-6-3)17-13-9-7-10-14-17/h8,11-13,15-16,19,21H,4-7,9-10,14H2,1-3H3. The van der Waals surface area contributed by atoms with Crippen molar-refractivity contribution in [2.24, 2.45) is 0 Å². The van der Waals surface area contributed by atoms with Crippen molar-refractivity contribution >= 4 is 0 Å². The van der Waals surface area contributed by atoms with E-state index in [4.69, 9.17) is 0 Å². The van der Waals surface area contributed by atoms with E-state index in [1.165, 1.54) is 44.1 Å². The van der Waals surface area contributed by atoms with Gasteiger partial charge >= 0.3 is 0 Å². The van der Waals surface area contributed by atoms with Crippen molar-refractivity contribution in [3.63, 3.8) is 0 Å². The smallest absolute Gasteiger partial charge is 0.0376 e. The van der Waals surface area contributed by atoms with E-state index in [0.717, 1.165) is 6.54 Å². The van der Waals surface area contributed by atoms with Gasteiger partial charge in [-0.2, -0.15) is 0 Å². The molecule has 0 saturated carbocycles. The van der Waals surface area contributed by atoms with E-state index in [2.05, 4.69) is 62.5 Å². The van der Waals surface area contributed by atoms with Crippen molar-refractivity contribution in [3.8, 4) is 0 Å². The van der Waals surface area contributed by atoms with Gasteiger partial charge in [-0.3, -0.25) is 0 Å². The van der Waals surface area contributed by atoms with Crippen LogP contribution in [0.15, 0.2) is 42.0 Å². The molecule has 1 aliphatic carbocycles. The Kier molecular flexibility index (Phi) is 6.05. The lowest BCUT2D eigenvalue weighted by Crippen LogP contribution is -2.49. The van der Waals surface area contributed by atoms with Gasteiger partial charge in [0.15, 0.2) is 0 Å². The van der Waals surface area contributed by atoms with Gasteiger partial charge in [-0.25, -0.2) is 0 Å². The predicted octanol–water partition coefficient (Wildman–Crippen LogP) is 5.22. The first-order chi connectivity index (χ1) is 10.3. The predicted molar refractivity (Wildman–Crippen MR) is 92.7 cm³/mol. The fourth-order valence-electron chi connectivity index (χ4n) is 4.01. The summed E-state index contributed by atoms with van der Waals surface area (Å²) >= 11 is 0. The lowest BCUT2D eigenvalue weighted by atomic mass is 9.66. The minimum atomic E-state index is 0.223. The van der Waals surface area contributed by atoms with Crippen LogP contribution >= 0.6 is 0 Å². The zero-order chi connectivity index (χ0) is 15.1. The Hall–Kier alpha value is -1.08. The van der Waals surface area contributed by atoms with E-state index < -0.39 is 0 Å². The Morgan fingerprint density at radius 2 is 1.76 bits per heavy atom. The van der Waals surface area contributed by atoms with Gasteiger partial charge in [0.1, 0.15) is 0 Å².